The molecule has 4 heteroatoms. The molecule has 1 atom stereocenters. The minimum Gasteiger partial charge on any atom is -0.348 e. The zero-order valence-corrected chi connectivity index (χ0v) is 12.9. The Balaban J connectivity index is 1.97. The molecule has 0 spiro atoms. The van der Waals surface area contributed by atoms with Gasteiger partial charge in [-0.3, -0.25) is 9.59 Å². The molecule has 116 valence electrons. The molecule has 1 aromatic heterocycles. The first kappa shape index (κ1) is 16.1. The van der Waals surface area contributed by atoms with E-state index in [0.29, 0.717) is 19.3 Å². The van der Waals surface area contributed by atoms with Crippen molar-refractivity contribution in [3.05, 3.63) is 54.1 Å². The molecule has 0 aliphatic rings. The SMILES string of the molecule is CCC(=O)CC(=O)CCC(Cc1ccccc1)c1ncc[nH]1. The van der Waals surface area contributed by atoms with Crippen LogP contribution in [0.25, 0.3) is 0 Å². The molecular weight excluding hydrogens is 276 g/mol. The Morgan fingerprint density at radius 1 is 1.18 bits per heavy atom. The molecule has 2 aromatic rings. The Bertz CT molecular complexity index is 591. The number of nitrogens with one attached hydrogen (secondary N) is 1. The van der Waals surface area contributed by atoms with Crippen molar-refractivity contribution < 1.29 is 9.59 Å². The predicted octanol–water partition coefficient (Wildman–Crippen LogP) is 3.45. The summed E-state index contributed by atoms with van der Waals surface area (Å²) in [6.45, 7) is 1.79. The van der Waals surface area contributed by atoms with E-state index in [1.807, 2.05) is 18.2 Å². The van der Waals surface area contributed by atoms with Gasteiger partial charge in [-0.05, 0) is 18.4 Å². The predicted molar refractivity (Wildman–Crippen MR) is 85.6 cm³/mol. The molecule has 22 heavy (non-hydrogen) atoms. The number of H-pyrrole nitrogens is 1. The second-order valence-corrected chi connectivity index (χ2v) is 5.51. The second-order valence-electron chi connectivity index (χ2n) is 5.51. The van der Waals surface area contributed by atoms with Crippen molar-refractivity contribution in [1.82, 2.24) is 9.97 Å². The van der Waals surface area contributed by atoms with Crippen LogP contribution < -0.4 is 0 Å². The largest absolute Gasteiger partial charge is 0.348 e. The monoisotopic (exact) mass is 298 g/mol. The van der Waals surface area contributed by atoms with Gasteiger partial charge in [0.1, 0.15) is 17.4 Å². The van der Waals surface area contributed by atoms with E-state index in [1.165, 1.54) is 5.56 Å². The molecule has 0 aliphatic heterocycles. The van der Waals surface area contributed by atoms with E-state index >= 15 is 0 Å². The molecule has 1 unspecified atom stereocenters. The summed E-state index contributed by atoms with van der Waals surface area (Å²) in [5, 5.41) is 0. The lowest BCUT2D eigenvalue weighted by molar-refractivity contribution is -0.126. The van der Waals surface area contributed by atoms with Crippen molar-refractivity contribution in [3.63, 3.8) is 0 Å². The first-order valence-electron chi connectivity index (χ1n) is 7.75. The zero-order chi connectivity index (χ0) is 15.8. The van der Waals surface area contributed by atoms with E-state index in [2.05, 4.69) is 22.1 Å². The third kappa shape index (κ3) is 4.95. The molecular formula is C18H22N2O2. The van der Waals surface area contributed by atoms with Gasteiger partial charge in [0.05, 0.1) is 6.42 Å². The van der Waals surface area contributed by atoms with Crippen molar-refractivity contribution in [2.24, 2.45) is 0 Å². The molecule has 0 radical (unpaired) electrons. The Hall–Kier alpha value is -2.23. The summed E-state index contributed by atoms with van der Waals surface area (Å²) < 4.78 is 0. The first-order chi connectivity index (χ1) is 10.7. The summed E-state index contributed by atoms with van der Waals surface area (Å²) >= 11 is 0. The molecule has 0 aliphatic carbocycles. The molecule has 1 heterocycles. The van der Waals surface area contributed by atoms with Crippen LogP contribution in [0.2, 0.25) is 0 Å². The van der Waals surface area contributed by atoms with Crippen molar-refractivity contribution in [2.75, 3.05) is 0 Å². The number of benzene rings is 1. The van der Waals surface area contributed by atoms with E-state index < -0.39 is 0 Å². The van der Waals surface area contributed by atoms with Crippen LogP contribution in [-0.2, 0) is 16.0 Å². The number of carbonyl (C=O) groups excluding carboxylic acids is 2. The van der Waals surface area contributed by atoms with Crippen LogP contribution in [0.1, 0.15) is 49.9 Å². The summed E-state index contributed by atoms with van der Waals surface area (Å²) in [5.74, 6) is 1.11. The second kappa shape index (κ2) is 8.27. The number of ketones is 2. The van der Waals surface area contributed by atoms with Gasteiger partial charge in [-0.15, -0.1) is 0 Å². The number of hydrogen-bond donors (Lipinski definition) is 1. The van der Waals surface area contributed by atoms with Gasteiger partial charge in [0.25, 0.3) is 0 Å². The molecule has 0 fully saturated rings. The number of imidazole rings is 1. The molecule has 0 amide bonds. The highest BCUT2D eigenvalue weighted by atomic mass is 16.1. The molecule has 0 saturated carbocycles. The van der Waals surface area contributed by atoms with Gasteiger partial charge in [-0.25, -0.2) is 4.98 Å². The van der Waals surface area contributed by atoms with Crippen LogP contribution in [0.4, 0.5) is 0 Å². The van der Waals surface area contributed by atoms with Crippen LogP contribution >= 0.6 is 0 Å². The Morgan fingerprint density at radius 2 is 1.95 bits per heavy atom. The fourth-order valence-electron chi connectivity index (χ4n) is 2.50. The normalized spacial score (nSPS) is 12.0. The highest BCUT2D eigenvalue weighted by Gasteiger charge is 2.17. The maximum absolute atomic E-state index is 11.9. The maximum Gasteiger partial charge on any atom is 0.140 e. The molecule has 1 aromatic carbocycles. The van der Waals surface area contributed by atoms with Crippen LogP contribution in [0.15, 0.2) is 42.7 Å². The van der Waals surface area contributed by atoms with Crippen molar-refractivity contribution in [3.8, 4) is 0 Å². The number of hydrogen-bond acceptors (Lipinski definition) is 3. The molecule has 1 N–H and O–H groups in total. The topological polar surface area (TPSA) is 62.8 Å². The van der Waals surface area contributed by atoms with Gasteiger partial charge in [0, 0.05) is 31.2 Å². The van der Waals surface area contributed by atoms with Crippen LogP contribution in [0.5, 0.6) is 0 Å². The summed E-state index contributed by atoms with van der Waals surface area (Å²) in [4.78, 5) is 30.7. The number of aromatic nitrogens is 2. The lowest BCUT2D eigenvalue weighted by Crippen LogP contribution is -2.11. The molecule has 0 bridgehead atoms. The quantitative estimate of drug-likeness (QED) is 0.721. The average Bonchev–Trinajstić information content (AvgIpc) is 3.06. The van der Waals surface area contributed by atoms with Crippen LogP contribution in [0, 0.1) is 0 Å². The first-order valence-corrected chi connectivity index (χ1v) is 7.75. The minimum absolute atomic E-state index is 0.0163. The molecule has 4 nitrogen and oxygen atoms in total. The highest BCUT2D eigenvalue weighted by molar-refractivity contribution is 5.98. The maximum atomic E-state index is 11.9. The third-order valence-corrected chi connectivity index (χ3v) is 3.79. The third-order valence-electron chi connectivity index (χ3n) is 3.79. The summed E-state index contributed by atoms with van der Waals surface area (Å²) in [6, 6.07) is 10.2. The van der Waals surface area contributed by atoms with Gasteiger partial charge in [-0.2, -0.15) is 0 Å². The zero-order valence-electron chi connectivity index (χ0n) is 12.9. The van der Waals surface area contributed by atoms with Crippen LogP contribution in [-0.4, -0.2) is 21.5 Å². The highest BCUT2D eigenvalue weighted by Crippen LogP contribution is 2.23. The molecule has 2 rings (SSSR count). The number of aromatic amines is 1. The number of nitrogens with zero attached hydrogens (tertiary/aromatic N) is 1. The Labute approximate surface area is 131 Å². The number of carbonyl (C=O) groups is 2. The van der Waals surface area contributed by atoms with E-state index in [4.69, 9.17) is 0 Å². The fraction of sp³-hybridized carbons (Fsp3) is 0.389. The van der Waals surface area contributed by atoms with Gasteiger partial charge in [0.2, 0.25) is 0 Å². The minimum atomic E-state index is 0.0163. The van der Waals surface area contributed by atoms with E-state index in [0.717, 1.165) is 12.2 Å². The van der Waals surface area contributed by atoms with E-state index in [9.17, 15) is 9.59 Å². The van der Waals surface area contributed by atoms with Crippen molar-refractivity contribution >= 4 is 11.6 Å². The Morgan fingerprint density at radius 3 is 2.59 bits per heavy atom. The fourth-order valence-corrected chi connectivity index (χ4v) is 2.50. The lowest BCUT2D eigenvalue weighted by atomic mass is 9.92. The smallest absolute Gasteiger partial charge is 0.140 e. The van der Waals surface area contributed by atoms with Gasteiger partial charge < -0.3 is 4.98 Å². The standard InChI is InChI=1S/C18H22N2O2/c1-2-16(21)13-17(22)9-8-15(18-19-10-11-20-18)12-14-6-4-3-5-7-14/h3-7,10-11,15H,2,8-9,12-13H2,1H3,(H,19,20). The van der Waals surface area contributed by atoms with Crippen molar-refractivity contribution in [2.45, 2.75) is 44.9 Å². The Kier molecular flexibility index (Phi) is 6.07. The lowest BCUT2D eigenvalue weighted by Gasteiger charge is -2.14. The van der Waals surface area contributed by atoms with Gasteiger partial charge in [-0.1, -0.05) is 37.3 Å². The average molecular weight is 298 g/mol. The number of rotatable bonds is 9. The summed E-state index contributed by atoms with van der Waals surface area (Å²) in [7, 11) is 0. The number of Topliss-reactive ketones (excluding diaryl/α,β-unsaturated/α-hetero) is 2. The van der Waals surface area contributed by atoms with E-state index in [1.54, 1.807) is 19.3 Å². The molecule has 0 saturated heterocycles. The van der Waals surface area contributed by atoms with Crippen molar-refractivity contribution in [1.29, 1.82) is 0 Å². The summed E-state index contributed by atoms with van der Waals surface area (Å²) in [5.41, 5.74) is 1.22. The van der Waals surface area contributed by atoms with Crippen LogP contribution in [0.3, 0.4) is 0 Å². The van der Waals surface area contributed by atoms with E-state index in [-0.39, 0.29) is 23.9 Å². The summed E-state index contributed by atoms with van der Waals surface area (Å²) in [6.07, 6.45) is 5.99. The van der Waals surface area contributed by atoms with Gasteiger partial charge in [0.15, 0.2) is 0 Å². The van der Waals surface area contributed by atoms with Gasteiger partial charge >= 0.3 is 0 Å².